The first-order chi connectivity index (χ1) is 12.4. The second kappa shape index (κ2) is 7.72. The van der Waals surface area contributed by atoms with Crippen LogP contribution < -0.4 is 11.2 Å². The van der Waals surface area contributed by atoms with Gasteiger partial charge >= 0.3 is 5.69 Å². The number of thioether (sulfide) groups is 1. The molecule has 0 aliphatic carbocycles. The van der Waals surface area contributed by atoms with Crippen molar-refractivity contribution in [1.29, 1.82) is 0 Å². The molecule has 0 atom stereocenters. The van der Waals surface area contributed by atoms with Crippen LogP contribution >= 0.6 is 23.4 Å². The third-order valence-corrected chi connectivity index (χ3v) is 5.72. The van der Waals surface area contributed by atoms with Crippen molar-refractivity contribution >= 4 is 34.5 Å². The Morgan fingerprint density at radius 2 is 2.00 bits per heavy atom. The van der Waals surface area contributed by atoms with Crippen LogP contribution in [0.2, 0.25) is 5.02 Å². The zero-order valence-electron chi connectivity index (χ0n) is 15.0. The number of rotatable bonds is 6. The second-order valence-electron chi connectivity index (χ2n) is 6.57. The molecule has 0 aliphatic heterocycles. The van der Waals surface area contributed by atoms with Crippen molar-refractivity contribution in [3.63, 3.8) is 0 Å². The summed E-state index contributed by atoms with van der Waals surface area (Å²) >= 11 is 7.80. The van der Waals surface area contributed by atoms with Gasteiger partial charge in [0, 0.05) is 18.5 Å². The lowest BCUT2D eigenvalue weighted by Crippen LogP contribution is -2.29. The van der Waals surface area contributed by atoms with E-state index in [0.717, 1.165) is 17.1 Å². The van der Waals surface area contributed by atoms with Crippen molar-refractivity contribution in [1.82, 2.24) is 19.1 Å². The lowest BCUT2D eigenvalue weighted by Gasteiger charge is -2.11. The Hall–Kier alpha value is -1.99. The Morgan fingerprint density at radius 1 is 1.27 bits per heavy atom. The molecule has 0 fully saturated rings. The molecule has 1 aromatic carbocycles. The molecule has 6 nitrogen and oxygen atoms in total. The van der Waals surface area contributed by atoms with Gasteiger partial charge in [0.25, 0.3) is 5.56 Å². The van der Waals surface area contributed by atoms with E-state index in [9.17, 15) is 9.59 Å². The van der Waals surface area contributed by atoms with Crippen molar-refractivity contribution in [2.45, 2.75) is 37.5 Å². The van der Waals surface area contributed by atoms with Crippen LogP contribution in [0.15, 0.2) is 38.8 Å². The summed E-state index contributed by atoms with van der Waals surface area (Å²) in [5.41, 5.74) is 0.00874. The smallest absolute Gasteiger partial charge is 0.321 e. The number of halogens is 1. The fourth-order valence-electron chi connectivity index (χ4n) is 2.72. The van der Waals surface area contributed by atoms with Gasteiger partial charge in [0.15, 0.2) is 11.2 Å². The molecule has 0 bridgehead atoms. The Labute approximate surface area is 160 Å². The van der Waals surface area contributed by atoms with Gasteiger partial charge in [-0.15, -0.1) is 11.8 Å². The van der Waals surface area contributed by atoms with Gasteiger partial charge < -0.3 is 4.57 Å². The summed E-state index contributed by atoms with van der Waals surface area (Å²) in [5, 5.41) is 0.688. The molecule has 0 unspecified atom stereocenters. The Bertz CT molecular complexity index is 1050. The molecule has 0 saturated carbocycles. The first kappa shape index (κ1) is 18.8. The molecule has 3 aromatic rings. The van der Waals surface area contributed by atoms with E-state index in [0.29, 0.717) is 34.4 Å². The van der Waals surface area contributed by atoms with Crippen LogP contribution in [0.5, 0.6) is 0 Å². The lowest BCUT2D eigenvalue weighted by molar-refractivity contribution is 0.515. The summed E-state index contributed by atoms with van der Waals surface area (Å²) in [5.74, 6) is 1.81. The van der Waals surface area contributed by atoms with Crippen LogP contribution in [0.25, 0.3) is 11.2 Å². The molecule has 8 heteroatoms. The minimum atomic E-state index is -0.457. The van der Waals surface area contributed by atoms with E-state index in [1.807, 2.05) is 28.8 Å². The van der Waals surface area contributed by atoms with Crippen molar-refractivity contribution in [3.05, 3.63) is 56.0 Å². The Balaban J connectivity index is 2.05. The zero-order chi connectivity index (χ0) is 18.8. The number of fused-ring (bicyclic) bond motifs is 1. The summed E-state index contributed by atoms with van der Waals surface area (Å²) in [6.45, 7) is 4.95. The first-order valence-electron chi connectivity index (χ1n) is 8.44. The maximum absolute atomic E-state index is 12.4. The average molecular weight is 393 g/mol. The van der Waals surface area contributed by atoms with Gasteiger partial charge in [0.2, 0.25) is 0 Å². The number of benzene rings is 1. The standard InChI is InChI=1S/C18H21ClN4O2S/c1-11(2)8-9-23-14(10-26-13-7-5-4-6-12(13)19)20-16-15(23)17(24)21-18(25)22(16)3/h4-7,11H,8-10H2,1-3H3,(H,21,24,25). The van der Waals surface area contributed by atoms with Gasteiger partial charge in [-0.3, -0.25) is 14.3 Å². The summed E-state index contributed by atoms with van der Waals surface area (Å²) in [4.78, 5) is 32.2. The molecule has 0 radical (unpaired) electrons. The predicted octanol–water partition coefficient (Wildman–Crippen LogP) is 3.42. The van der Waals surface area contributed by atoms with Crippen molar-refractivity contribution in [3.8, 4) is 0 Å². The van der Waals surface area contributed by atoms with E-state index in [1.54, 1.807) is 18.8 Å². The van der Waals surface area contributed by atoms with Crippen molar-refractivity contribution in [2.75, 3.05) is 0 Å². The van der Waals surface area contributed by atoms with E-state index in [-0.39, 0.29) is 0 Å². The van der Waals surface area contributed by atoms with Crippen LogP contribution in [-0.2, 0) is 19.3 Å². The van der Waals surface area contributed by atoms with Gasteiger partial charge in [-0.2, -0.15) is 0 Å². The van der Waals surface area contributed by atoms with Crippen molar-refractivity contribution < 1.29 is 0 Å². The molecule has 2 aromatic heterocycles. The number of aryl methyl sites for hydroxylation is 2. The van der Waals surface area contributed by atoms with Crippen LogP contribution in [0.3, 0.4) is 0 Å². The van der Waals surface area contributed by atoms with E-state index >= 15 is 0 Å². The quantitative estimate of drug-likeness (QED) is 0.652. The number of aromatic nitrogens is 4. The largest absolute Gasteiger partial charge is 0.329 e. The highest BCUT2D eigenvalue weighted by Gasteiger charge is 2.17. The summed E-state index contributed by atoms with van der Waals surface area (Å²) < 4.78 is 3.31. The molecule has 3 rings (SSSR count). The van der Waals surface area contributed by atoms with Gasteiger partial charge in [-0.1, -0.05) is 37.6 Å². The molecule has 1 N–H and O–H groups in total. The maximum atomic E-state index is 12.4. The monoisotopic (exact) mass is 392 g/mol. The summed E-state index contributed by atoms with van der Waals surface area (Å²) in [7, 11) is 1.62. The number of H-pyrrole nitrogens is 1. The highest BCUT2D eigenvalue weighted by molar-refractivity contribution is 7.98. The van der Waals surface area contributed by atoms with Crippen molar-refractivity contribution in [2.24, 2.45) is 13.0 Å². The molecule has 138 valence electrons. The minimum absolute atomic E-state index is 0.395. The van der Waals surface area contributed by atoms with Gasteiger partial charge in [0.1, 0.15) is 5.82 Å². The van der Waals surface area contributed by atoms with Gasteiger partial charge in [-0.05, 0) is 24.5 Å². The fourth-order valence-corrected chi connectivity index (χ4v) is 3.91. The number of aromatic amines is 1. The predicted molar refractivity (Wildman–Crippen MR) is 106 cm³/mol. The van der Waals surface area contributed by atoms with E-state index in [2.05, 4.69) is 23.8 Å². The second-order valence-corrected chi connectivity index (χ2v) is 8.00. The molecule has 0 saturated heterocycles. The normalized spacial score (nSPS) is 11.6. The molecule has 0 amide bonds. The Kier molecular flexibility index (Phi) is 5.58. The van der Waals surface area contributed by atoms with E-state index in [4.69, 9.17) is 11.6 Å². The number of nitrogens with zero attached hydrogens (tertiary/aromatic N) is 3. The minimum Gasteiger partial charge on any atom is -0.321 e. The topological polar surface area (TPSA) is 72.7 Å². The SMILES string of the molecule is CC(C)CCn1c(CSc2ccccc2Cl)nc2c1c(=O)[nH]c(=O)n2C. The lowest BCUT2D eigenvalue weighted by atomic mass is 10.1. The third-order valence-electron chi connectivity index (χ3n) is 4.21. The average Bonchev–Trinajstić information content (AvgIpc) is 2.96. The number of imidazole rings is 1. The molecular formula is C18H21ClN4O2S. The van der Waals surface area contributed by atoms with Crippen LogP contribution in [-0.4, -0.2) is 19.1 Å². The molecule has 0 aliphatic rings. The maximum Gasteiger partial charge on any atom is 0.329 e. The van der Waals surface area contributed by atoms with E-state index < -0.39 is 11.2 Å². The fraction of sp³-hybridized carbons (Fsp3) is 0.389. The molecule has 26 heavy (non-hydrogen) atoms. The molecular weight excluding hydrogens is 372 g/mol. The highest BCUT2D eigenvalue weighted by Crippen LogP contribution is 2.30. The Morgan fingerprint density at radius 3 is 2.69 bits per heavy atom. The summed E-state index contributed by atoms with van der Waals surface area (Å²) in [6, 6.07) is 7.63. The van der Waals surface area contributed by atoms with Crippen LogP contribution in [0.1, 0.15) is 26.1 Å². The highest BCUT2D eigenvalue weighted by atomic mass is 35.5. The molecule has 0 spiro atoms. The number of hydrogen-bond donors (Lipinski definition) is 1. The van der Waals surface area contributed by atoms with E-state index in [1.165, 1.54) is 4.57 Å². The number of hydrogen-bond acceptors (Lipinski definition) is 4. The van der Waals surface area contributed by atoms with Crippen LogP contribution in [0.4, 0.5) is 0 Å². The van der Waals surface area contributed by atoms with Gasteiger partial charge in [-0.25, -0.2) is 9.78 Å². The summed E-state index contributed by atoms with van der Waals surface area (Å²) in [6.07, 6.45) is 0.914. The number of nitrogens with one attached hydrogen (secondary N) is 1. The zero-order valence-corrected chi connectivity index (χ0v) is 16.5. The first-order valence-corrected chi connectivity index (χ1v) is 9.80. The van der Waals surface area contributed by atoms with Crippen LogP contribution in [0, 0.1) is 5.92 Å². The third kappa shape index (κ3) is 3.73. The van der Waals surface area contributed by atoms with Gasteiger partial charge in [0.05, 0.1) is 10.8 Å². The molecule has 2 heterocycles.